The minimum atomic E-state index is 0.00462. The van der Waals surface area contributed by atoms with Crippen LogP contribution in [0.3, 0.4) is 0 Å². The third kappa shape index (κ3) is 3.92. The van der Waals surface area contributed by atoms with Gasteiger partial charge in [0.25, 0.3) is 0 Å². The zero-order valence-corrected chi connectivity index (χ0v) is 16.4. The van der Waals surface area contributed by atoms with Crippen LogP contribution in [-0.2, 0) is 11.2 Å². The number of hydrogen-bond donors (Lipinski definition) is 1. The summed E-state index contributed by atoms with van der Waals surface area (Å²) in [6.45, 7) is 0. The molecule has 1 amide bonds. The Labute approximate surface area is 163 Å². The molecule has 128 valence electrons. The van der Waals surface area contributed by atoms with Gasteiger partial charge in [0.15, 0.2) is 0 Å². The molecule has 7 heteroatoms. The van der Waals surface area contributed by atoms with Crippen molar-refractivity contribution in [3.8, 4) is 10.6 Å². The lowest BCUT2D eigenvalue weighted by Crippen LogP contribution is -2.31. The number of rotatable bonds is 4. The molecule has 3 nitrogen and oxygen atoms in total. The molecule has 1 atom stereocenters. The van der Waals surface area contributed by atoms with E-state index in [0.29, 0.717) is 11.4 Å². The van der Waals surface area contributed by atoms with Gasteiger partial charge in [0.05, 0.1) is 18.2 Å². The van der Waals surface area contributed by atoms with Crippen LogP contribution in [0.25, 0.3) is 10.6 Å². The van der Waals surface area contributed by atoms with E-state index in [2.05, 4.69) is 15.7 Å². The summed E-state index contributed by atoms with van der Waals surface area (Å²) in [5, 5.41) is 10.9. The van der Waals surface area contributed by atoms with Gasteiger partial charge in [-0.2, -0.15) is 11.3 Å². The Hall–Kier alpha value is -1.34. The van der Waals surface area contributed by atoms with Crippen molar-refractivity contribution in [3.05, 3.63) is 56.7 Å². The van der Waals surface area contributed by atoms with Crippen LogP contribution in [-0.4, -0.2) is 16.6 Å². The molecule has 25 heavy (non-hydrogen) atoms. The summed E-state index contributed by atoms with van der Waals surface area (Å²) in [4.78, 5) is 18.3. The second-order valence-corrected chi connectivity index (χ2v) is 8.98. The number of benzene rings is 1. The summed E-state index contributed by atoms with van der Waals surface area (Å²) in [6, 6.07) is 7.98. The Morgan fingerprint density at radius 3 is 3.08 bits per heavy atom. The fraction of sp³-hybridized carbons (Fsp3) is 0.222. The summed E-state index contributed by atoms with van der Waals surface area (Å²) >= 11 is 11.2. The maximum absolute atomic E-state index is 12.5. The number of nitrogens with one attached hydrogen (secondary N) is 1. The summed E-state index contributed by atoms with van der Waals surface area (Å²) in [5.74, 6) is 1.00. The first-order valence-corrected chi connectivity index (χ1v) is 11.1. The van der Waals surface area contributed by atoms with Crippen molar-refractivity contribution in [1.29, 1.82) is 0 Å². The molecule has 1 aromatic carbocycles. The zero-order chi connectivity index (χ0) is 17.2. The van der Waals surface area contributed by atoms with Crippen molar-refractivity contribution < 1.29 is 4.79 Å². The summed E-state index contributed by atoms with van der Waals surface area (Å²) in [5.41, 5.74) is 3.06. The second-order valence-electron chi connectivity index (χ2n) is 5.77. The van der Waals surface area contributed by atoms with E-state index in [1.165, 1.54) is 4.90 Å². The van der Waals surface area contributed by atoms with Crippen LogP contribution >= 0.6 is 46.0 Å². The fourth-order valence-corrected chi connectivity index (χ4v) is 5.65. The highest BCUT2D eigenvalue weighted by Crippen LogP contribution is 2.37. The number of nitrogens with zero attached hydrogens (tertiary/aromatic N) is 1. The van der Waals surface area contributed by atoms with Gasteiger partial charge in [0, 0.05) is 32.0 Å². The number of thiophene rings is 1. The lowest BCUT2D eigenvalue weighted by atomic mass is 10.0. The van der Waals surface area contributed by atoms with Gasteiger partial charge in [-0.3, -0.25) is 4.79 Å². The number of carbonyl (C=O) groups excluding carboxylic acids is 1. The Bertz CT molecular complexity index is 892. The number of amides is 1. The Morgan fingerprint density at radius 2 is 2.24 bits per heavy atom. The monoisotopic (exact) mass is 406 g/mol. The lowest BCUT2D eigenvalue weighted by Gasteiger charge is -2.26. The van der Waals surface area contributed by atoms with E-state index in [9.17, 15) is 4.79 Å². The van der Waals surface area contributed by atoms with Crippen LogP contribution in [0.15, 0.2) is 45.3 Å². The van der Waals surface area contributed by atoms with Gasteiger partial charge in [-0.15, -0.1) is 23.1 Å². The molecule has 0 bridgehead atoms. The van der Waals surface area contributed by atoms with Gasteiger partial charge in [0.2, 0.25) is 5.91 Å². The van der Waals surface area contributed by atoms with E-state index in [4.69, 9.17) is 11.6 Å². The molecule has 1 N–H and O–H groups in total. The average Bonchev–Trinajstić information content (AvgIpc) is 3.26. The largest absolute Gasteiger partial charge is 0.349 e. The van der Waals surface area contributed by atoms with E-state index in [1.807, 2.05) is 46.8 Å². The molecule has 0 saturated carbocycles. The normalized spacial score (nSPS) is 16.4. The molecule has 3 aromatic rings. The molecular formula is C18H15ClN2OS3. The topological polar surface area (TPSA) is 42.0 Å². The first-order chi connectivity index (χ1) is 12.2. The molecule has 1 unspecified atom stereocenters. The predicted octanol–water partition coefficient (Wildman–Crippen LogP) is 5.42. The van der Waals surface area contributed by atoms with Crippen molar-refractivity contribution in [3.63, 3.8) is 0 Å². The van der Waals surface area contributed by atoms with Crippen molar-refractivity contribution in [2.24, 2.45) is 0 Å². The molecule has 3 heterocycles. The number of thioether (sulfide) groups is 1. The molecule has 0 spiro atoms. The van der Waals surface area contributed by atoms with Gasteiger partial charge in [-0.1, -0.05) is 11.6 Å². The predicted molar refractivity (Wildman–Crippen MR) is 107 cm³/mol. The van der Waals surface area contributed by atoms with Crippen molar-refractivity contribution in [2.45, 2.75) is 23.8 Å². The van der Waals surface area contributed by atoms with Crippen LogP contribution < -0.4 is 5.32 Å². The lowest BCUT2D eigenvalue weighted by molar-refractivity contribution is -0.121. The number of halogens is 1. The summed E-state index contributed by atoms with van der Waals surface area (Å²) < 4.78 is 0. The number of thiazole rings is 1. The van der Waals surface area contributed by atoms with Crippen LogP contribution in [0.1, 0.15) is 23.7 Å². The van der Waals surface area contributed by atoms with Crippen molar-refractivity contribution in [1.82, 2.24) is 10.3 Å². The number of aromatic nitrogens is 1. The smallest absolute Gasteiger partial charge is 0.226 e. The van der Waals surface area contributed by atoms with Gasteiger partial charge in [0.1, 0.15) is 5.01 Å². The standard InChI is InChI=1S/C18H15ClN2OS3/c19-12-1-2-16-14(7-12)15(4-6-24-16)21-17(22)8-13-10-25-18(20-13)11-3-5-23-9-11/h1-3,5,7,9-10,15H,4,6,8H2,(H,21,22). The summed E-state index contributed by atoms with van der Waals surface area (Å²) in [6.07, 6.45) is 1.22. The first-order valence-electron chi connectivity index (χ1n) is 7.87. The molecule has 1 aliphatic heterocycles. The van der Waals surface area contributed by atoms with Gasteiger partial charge >= 0.3 is 0 Å². The maximum atomic E-state index is 12.5. The van der Waals surface area contributed by atoms with Crippen LogP contribution in [0, 0.1) is 0 Å². The Morgan fingerprint density at radius 1 is 1.32 bits per heavy atom. The minimum Gasteiger partial charge on any atom is -0.349 e. The number of hydrogen-bond acceptors (Lipinski definition) is 5. The number of carbonyl (C=O) groups is 1. The van der Waals surface area contributed by atoms with Gasteiger partial charge in [-0.05, 0) is 41.6 Å². The van der Waals surface area contributed by atoms with Gasteiger partial charge < -0.3 is 5.32 Å². The molecule has 0 aliphatic carbocycles. The number of fused-ring (bicyclic) bond motifs is 1. The molecule has 2 aromatic heterocycles. The minimum absolute atomic E-state index is 0.00462. The first kappa shape index (κ1) is 17.1. The highest BCUT2D eigenvalue weighted by atomic mass is 35.5. The van der Waals surface area contributed by atoms with E-state index in [0.717, 1.165) is 34.0 Å². The Kier molecular flexibility index (Phi) is 5.12. The van der Waals surface area contributed by atoms with E-state index in [-0.39, 0.29) is 11.9 Å². The third-order valence-electron chi connectivity index (χ3n) is 4.01. The second kappa shape index (κ2) is 7.50. The van der Waals surface area contributed by atoms with Crippen molar-refractivity contribution in [2.75, 3.05) is 5.75 Å². The molecule has 0 fully saturated rings. The molecule has 0 saturated heterocycles. The maximum Gasteiger partial charge on any atom is 0.226 e. The third-order valence-corrected chi connectivity index (χ3v) is 6.99. The van der Waals surface area contributed by atoms with Crippen molar-refractivity contribution >= 4 is 51.9 Å². The molecule has 0 radical (unpaired) electrons. The Balaban J connectivity index is 1.44. The van der Waals surface area contributed by atoms with Crippen LogP contribution in [0.2, 0.25) is 5.02 Å². The quantitative estimate of drug-likeness (QED) is 0.628. The summed E-state index contributed by atoms with van der Waals surface area (Å²) in [7, 11) is 0. The fourth-order valence-electron chi connectivity index (χ4n) is 2.83. The zero-order valence-electron chi connectivity index (χ0n) is 13.2. The molecule has 1 aliphatic rings. The molecule has 4 rings (SSSR count). The SMILES string of the molecule is O=C(Cc1csc(-c2ccsc2)n1)NC1CCSc2ccc(Cl)cc21. The highest BCUT2D eigenvalue weighted by molar-refractivity contribution is 7.99. The van der Waals surface area contributed by atoms with Crippen LogP contribution in [0.5, 0.6) is 0 Å². The van der Waals surface area contributed by atoms with E-state index >= 15 is 0 Å². The van der Waals surface area contributed by atoms with Crippen LogP contribution in [0.4, 0.5) is 0 Å². The van der Waals surface area contributed by atoms with E-state index < -0.39 is 0 Å². The van der Waals surface area contributed by atoms with Gasteiger partial charge in [-0.25, -0.2) is 4.98 Å². The van der Waals surface area contributed by atoms with E-state index in [1.54, 1.807) is 22.7 Å². The highest BCUT2D eigenvalue weighted by Gasteiger charge is 2.23. The molecular weight excluding hydrogens is 392 g/mol. The average molecular weight is 407 g/mol.